The first kappa shape index (κ1) is 16.4. The van der Waals surface area contributed by atoms with Gasteiger partial charge in [0, 0.05) is 49.4 Å². The highest BCUT2D eigenvalue weighted by Gasteiger charge is 2.29. The van der Waals surface area contributed by atoms with E-state index in [0.29, 0.717) is 24.0 Å². The molecule has 132 valence electrons. The highest BCUT2D eigenvalue weighted by atomic mass is 15.4. The summed E-state index contributed by atoms with van der Waals surface area (Å²) in [5, 5.41) is 0. The average molecular weight is 338 g/mol. The van der Waals surface area contributed by atoms with Crippen molar-refractivity contribution in [3.05, 3.63) is 54.0 Å². The lowest BCUT2D eigenvalue weighted by atomic mass is 9.78. The zero-order chi connectivity index (χ0) is 17.2. The maximum Gasteiger partial charge on any atom is 0.131 e. The molecule has 6 nitrogen and oxygen atoms in total. The van der Waals surface area contributed by atoms with Crippen LogP contribution < -0.4 is 21.5 Å². The number of hydrogen-bond acceptors (Lipinski definition) is 6. The normalized spacial score (nSPS) is 28.6. The van der Waals surface area contributed by atoms with Crippen molar-refractivity contribution in [3.8, 4) is 0 Å². The standard InChI is InChI=1S/C19H26N6/c1-25(19-10-17(21-12-22-19)14-7-15(20)8-14)11-16-9-18(24-23-16)13-5-3-2-4-6-13/h2-6,10,12,14-16,18,23-24H,7-9,11,20H2,1H3. The van der Waals surface area contributed by atoms with E-state index in [1.807, 2.05) is 0 Å². The monoisotopic (exact) mass is 338 g/mol. The first-order chi connectivity index (χ1) is 12.2. The minimum absolute atomic E-state index is 0.338. The molecule has 0 spiro atoms. The number of anilines is 1. The van der Waals surface area contributed by atoms with Crippen LogP contribution in [-0.2, 0) is 0 Å². The molecule has 2 aliphatic rings. The lowest BCUT2D eigenvalue weighted by molar-refractivity contribution is 0.345. The Bertz CT molecular complexity index is 700. The van der Waals surface area contributed by atoms with Gasteiger partial charge in [-0.1, -0.05) is 30.3 Å². The topological polar surface area (TPSA) is 79.1 Å². The van der Waals surface area contributed by atoms with Crippen LogP contribution in [0.2, 0.25) is 0 Å². The average Bonchev–Trinajstić information content (AvgIpc) is 3.08. The quantitative estimate of drug-likeness (QED) is 0.770. The summed E-state index contributed by atoms with van der Waals surface area (Å²) in [6.07, 6.45) is 4.81. The molecular weight excluding hydrogens is 312 g/mol. The minimum Gasteiger partial charge on any atom is -0.358 e. The molecule has 2 unspecified atom stereocenters. The molecule has 25 heavy (non-hydrogen) atoms. The van der Waals surface area contributed by atoms with Crippen molar-refractivity contribution in [2.24, 2.45) is 5.73 Å². The Morgan fingerprint density at radius 1 is 1.12 bits per heavy atom. The number of likely N-dealkylation sites (N-methyl/N-ethyl adjacent to an activating group) is 1. The maximum atomic E-state index is 5.90. The Morgan fingerprint density at radius 3 is 2.68 bits per heavy atom. The first-order valence-corrected chi connectivity index (χ1v) is 9.03. The van der Waals surface area contributed by atoms with E-state index in [9.17, 15) is 0 Å². The third kappa shape index (κ3) is 3.66. The van der Waals surface area contributed by atoms with Crippen molar-refractivity contribution in [3.63, 3.8) is 0 Å². The van der Waals surface area contributed by atoms with Gasteiger partial charge < -0.3 is 10.6 Å². The van der Waals surface area contributed by atoms with Gasteiger partial charge in [0.25, 0.3) is 0 Å². The zero-order valence-electron chi connectivity index (χ0n) is 14.6. The Kier molecular flexibility index (Phi) is 4.65. The molecule has 1 saturated heterocycles. The molecule has 1 aromatic heterocycles. The highest BCUT2D eigenvalue weighted by Crippen LogP contribution is 2.35. The van der Waals surface area contributed by atoms with Gasteiger partial charge in [0.2, 0.25) is 0 Å². The molecular formula is C19H26N6. The smallest absolute Gasteiger partial charge is 0.131 e. The van der Waals surface area contributed by atoms with E-state index in [-0.39, 0.29) is 0 Å². The summed E-state index contributed by atoms with van der Waals surface area (Å²) in [7, 11) is 2.09. The van der Waals surface area contributed by atoms with Crippen LogP contribution in [0, 0.1) is 0 Å². The number of aromatic nitrogens is 2. The van der Waals surface area contributed by atoms with Gasteiger partial charge in [0.05, 0.1) is 0 Å². The third-order valence-corrected chi connectivity index (χ3v) is 5.34. The number of rotatable bonds is 5. The molecule has 4 rings (SSSR count). The summed E-state index contributed by atoms with van der Waals surface area (Å²) >= 11 is 0. The molecule has 0 bridgehead atoms. The van der Waals surface area contributed by atoms with Crippen LogP contribution in [0.25, 0.3) is 0 Å². The summed E-state index contributed by atoms with van der Waals surface area (Å²) < 4.78 is 0. The molecule has 1 aromatic carbocycles. The second-order valence-corrected chi connectivity index (χ2v) is 7.29. The molecule has 4 N–H and O–H groups in total. The number of hydrogen-bond donors (Lipinski definition) is 3. The molecule has 1 aliphatic heterocycles. The van der Waals surface area contributed by atoms with Gasteiger partial charge in [-0.25, -0.2) is 15.4 Å². The molecule has 2 aromatic rings. The predicted octanol–water partition coefficient (Wildman–Crippen LogP) is 1.73. The number of nitrogens with zero attached hydrogens (tertiary/aromatic N) is 3. The van der Waals surface area contributed by atoms with E-state index in [2.05, 4.69) is 69.2 Å². The fourth-order valence-electron chi connectivity index (χ4n) is 3.77. The van der Waals surface area contributed by atoms with E-state index >= 15 is 0 Å². The van der Waals surface area contributed by atoms with Crippen molar-refractivity contribution in [1.29, 1.82) is 0 Å². The molecule has 2 heterocycles. The Hall–Kier alpha value is -2.02. The second-order valence-electron chi connectivity index (χ2n) is 7.29. The fraction of sp³-hybridized carbons (Fsp3) is 0.474. The number of nitrogens with two attached hydrogens (primary N) is 1. The van der Waals surface area contributed by atoms with Crippen molar-refractivity contribution < 1.29 is 0 Å². The molecule has 2 fully saturated rings. The molecule has 1 aliphatic carbocycles. The van der Waals surface area contributed by atoms with Crippen LogP contribution in [-0.4, -0.2) is 35.6 Å². The molecule has 2 atom stereocenters. The van der Waals surface area contributed by atoms with Gasteiger partial charge >= 0.3 is 0 Å². The van der Waals surface area contributed by atoms with Crippen LogP contribution in [0.1, 0.15) is 42.5 Å². The predicted molar refractivity (Wildman–Crippen MR) is 99.1 cm³/mol. The van der Waals surface area contributed by atoms with E-state index < -0.39 is 0 Å². The van der Waals surface area contributed by atoms with Gasteiger partial charge in [-0.3, -0.25) is 5.43 Å². The summed E-state index contributed by atoms with van der Waals surface area (Å²) in [6, 6.07) is 13.8. The van der Waals surface area contributed by atoms with E-state index in [1.54, 1.807) is 6.33 Å². The van der Waals surface area contributed by atoms with E-state index in [0.717, 1.165) is 37.3 Å². The SMILES string of the molecule is CN(CC1CC(c2ccccc2)NN1)c1cc(C2CC(N)C2)ncn1. The summed E-state index contributed by atoms with van der Waals surface area (Å²) in [5.74, 6) is 1.48. The van der Waals surface area contributed by atoms with Gasteiger partial charge in [-0.05, 0) is 24.8 Å². The molecule has 0 radical (unpaired) electrons. The molecule has 0 amide bonds. The number of hydrazine groups is 1. The van der Waals surface area contributed by atoms with Gasteiger partial charge in [0.1, 0.15) is 12.1 Å². The van der Waals surface area contributed by atoms with Crippen LogP contribution in [0.5, 0.6) is 0 Å². The van der Waals surface area contributed by atoms with Crippen molar-refractivity contribution >= 4 is 5.82 Å². The second kappa shape index (κ2) is 7.07. The molecule has 6 heteroatoms. The number of nitrogens with one attached hydrogen (secondary N) is 2. The molecule has 1 saturated carbocycles. The summed E-state index contributed by atoms with van der Waals surface area (Å²) in [4.78, 5) is 11.1. The van der Waals surface area contributed by atoms with Crippen LogP contribution in [0.4, 0.5) is 5.82 Å². The van der Waals surface area contributed by atoms with Crippen molar-refractivity contribution in [1.82, 2.24) is 20.8 Å². The van der Waals surface area contributed by atoms with Gasteiger partial charge in [-0.2, -0.15) is 0 Å². The lowest BCUT2D eigenvalue weighted by Gasteiger charge is -2.32. The van der Waals surface area contributed by atoms with Gasteiger partial charge in [0.15, 0.2) is 0 Å². The fourth-order valence-corrected chi connectivity index (χ4v) is 3.77. The Labute approximate surface area is 148 Å². The maximum absolute atomic E-state index is 5.90. The van der Waals surface area contributed by atoms with Crippen LogP contribution >= 0.6 is 0 Å². The zero-order valence-corrected chi connectivity index (χ0v) is 14.6. The van der Waals surface area contributed by atoms with Crippen molar-refractivity contribution in [2.45, 2.75) is 43.3 Å². The van der Waals surface area contributed by atoms with E-state index in [1.165, 1.54) is 5.56 Å². The van der Waals surface area contributed by atoms with Crippen molar-refractivity contribution in [2.75, 3.05) is 18.5 Å². The third-order valence-electron chi connectivity index (χ3n) is 5.34. The highest BCUT2D eigenvalue weighted by molar-refractivity contribution is 5.39. The van der Waals surface area contributed by atoms with Crippen LogP contribution in [0.15, 0.2) is 42.7 Å². The lowest BCUT2D eigenvalue weighted by Crippen LogP contribution is -2.39. The first-order valence-electron chi connectivity index (χ1n) is 9.03. The van der Waals surface area contributed by atoms with Crippen LogP contribution in [0.3, 0.4) is 0 Å². The Morgan fingerprint density at radius 2 is 1.92 bits per heavy atom. The number of benzene rings is 1. The van der Waals surface area contributed by atoms with Gasteiger partial charge in [-0.15, -0.1) is 0 Å². The Balaban J connectivity index is 1.36. The van der Waals surface area contributed by atoms with E-state index in [4.69, 9.17) is 5.73 Å². The summed E-state index contributed by atoms with van der Waals surface area (Å²) in [5.41, 5.74) is 15.2. The largest absolute Gasteiger partial charge is 0.358 e. The minimum atomic E-state index is 0.338. The summed E-state index contributed by atoms with van der Waals surface area (Å²) in [6.45, 7) is 0.900.